The van der Waals surface area contributed by atoms with Crippen molar-refractivity contribution in [3.05, 3.63) is 23.9 Å². The summed E-state index contributed by atoms with van der Waals surface area (Å²) in [5.41, 5.74) is 1.00. The number of hydrogen-bond acceptors (Lipinski definition) is 5. The molecule has 1 aromatic heterocycles. The Morgan fingerprint density at radius 1 is 1.65 bits per heavy atom. The molecule has 1 unspecified atom stereocenters. The number of carbonyl (C=O) groups excluding carboxylic acids is 1. The van der Waals surface area contributed by atoms with Crippen molar-refractivity contribution in [2.24, 2.45) is 0 Å². The zero-order valence-corrected chi connectivity index (χ0v) is 11.5. The van der Waals surface area contributed by atoms with Gasteiger partial charge < -0.3 is 10.1 Å². The fraction of sp³-hybridized carbons (Fsp3) is 0.364. The Hall–Kier alpha value is -1.14. The lowest BCUT2D eigenvalue weighted by Crippen LogP contribution is -2.19. The van der Waals surface area contributed by atoms with Crippen LogP contribution >= 0.6 is 24.0 Å². The Morgan fingerprint density at radius 2 is 2.35 bits per heavy atom. The molecule has 0 fully saturated rings. The molecule has 0 spiro atoms. The van der Waals surface area contributed by atoms with Crippen LogP contribution < -0.4 is 5.32 Å². The molecule has 0 bridgehead atoms. The number of rotatable bonds is 3. The summed E-state index contributed by atoms with van der Waals surface area (Å²) >= 11 is 6.38. The van der Waals surface area contributed by atoms with Crippen LogP contribution in [0.5, 0.6) is 0 Å². The number of hydrogen-bond donors (Lipinski definition) is 1. The zero-order valence-electron chi connectivity index (χ0n) is 9.89. The molecule has 1 aromatic rings. The first-order chi connectivity index (χ1) is 8.04. The van der Waals surface area contributed by atoms with Crippen molar-refractivity contribution >= 4 is 40.1 Å². The van der Waals surface area contributed by atoms with Gasteiger partial charge >= 0.3 is 5.97 Å². The number of nitrogens with zero attached hydrogens (tertiary/aromatic N) is 1. The lowest BCUT2D eigenvalue weighted by molar-refractivity contribution is -0.139. The van der Waals surface area contributed by atoms with Gasteiger partial charge in [0, 0.05) is 6.20 Å². The molecule has 1 heterocycles. The molecule has 92 valence electrons. The maximum Gasteiger partial charge on any atom is 0.318 e. The van der Waals surface area contributed by atoms with E-state index < -0.39 is 0 Å². The Morgan fingerprint density at radius 3 is 2.94 bits per heavy atom. The molecule has 0 aliphatic heterocycles. The third-order valence-corrected chi connectivity index (χ3v) is 3.30. The number of methoxy groups -OCH3 is 1. The molecule has 0 saturated carbocycles. The van der Waals surface area contributed by atoms with Gasteiger partial charge in [0.1, 0.15) is 15.4 Å². The first kappa shape index (κ1) is 13.9. The third-order valence-electron chi connectivity index (χ3n) is 2.05. The molecule has 0 radical (unpaired) electrons. The first-order valence-electron chi connectivity index (χ1n) is 5.01. The number of pyridine rings is 1. The van der Waals surface area contributed by atoms with Gasteiger partial charge in [-0.25, -0.2) is 4.98 Å². The standard InChI is InChI=1S/C11H14N2O2S2/c1-7-5-4-6-12-9(7)13-11(16)17-8(2)10(14)15-3/h4-6,8H,1-3H3,(H,12,13,16). The molecule has 0 aromatic carbocycles. The number of thiocarbonyl (C=S) groups is 1. The van der Waals surface area contributed by atoms with Gasteiger partial charge in [-0.3, -0.25) is 4.79 Å². The predicted octanol–water partition coefficient (Wildman–Crippen LogP) is 2.38. The molecule has 0 aliphatic carbocycles. The van der Waals surface area contributed by atoms with E-state index in [2.05, 4.69) is 15.0 Å². The van der Waals surface area contributed by atoms with Gasteiger partial charge in [-0.05, 0) is 25.5 Å². The Kier molecular flexibility index (Phi) is 5.37. The topological polar surface area (TPSA) is 51.2 Å². The highest BCUT2D eigenvalue weighted by molar-refractivity contribution is 8.24. The highest BCUT2D eigenvalue weighted by atomic mass is 32.2. The zero-order chi connectivity index (χ0) is 12.8. The van der Waals surface area contributed by atoms with Gasteiger partial charge in [0.05, 0.1) is 7.11 Å². The van der Waals surface area contributed by atoms with Crippen LogP contribution in [0.4, 0.5) is 5.82 Å². The molecule has 1 rings (SSSR count). The van der Waals surface area contributed by atoms with Crippen LogP contribution in [0, 0.1) is 6.92 Å². The fourth-order valence-corrected chi connectivity index (χ4v) is 2.32. The van der Waals surface area contributed by atoms with Crippen molar-refractivity contribution in [2.75, 3.05) is 12.4 Å². The van der Waals surface area contributed by atoms with Gasteiger partial charge in [0.15, 0.2) is 0 Å². The maximum atomic E-state index is 11.2. The van der Waals surface area contributed by atoms with E-state index in [0.717, 1.165) is 5.56 Å². The molecule has 1 N–H and O–H groups in total. The summed E-state index contributed by atoms with van der Waals surface area (Å²) in [7, 11) is 1.36. The number of aromatic nitrogens is 1. The van der Waals surface area contributed by atoms with Crippen molar-refractivity contribution in [1.29, 1.82) is 0 Å². The summed E-state index contributed by atoms with van der Waals surface area (Å²) < 4.78 is 5.13. The molecule has 0 saturated heterocycles. The van der Waals surface area contributed by atoms with E-state index in [9.17, 15) is 4.79 Å². The SMILES string of the molecule is COC(=O)C(C)SC(=S)Nc1ncccc1C. The highest BCUT2D eigenvalue weighted by Crippen LogP contribution is 2.17. The second-order valence-electron chi connectivity index (χ2n) is 3.36. The Bertz CT molecular complexity index is 424. The lowest BCUT2D eigenvalue weighted by Gasteiger charge is -2.12. The second-order valence-corrected chi connectivity index (χ2v) is 5.38. The van der Waals surface area contributed by atoms with Crippen LogP contribution in [0.3, 0.4) is 0 Å². The Labute approximate surface area is 110 Å². The van der Waals surface area contributed by atoms with Crippen LogP contribution in [-0.2, 0) is 9.53 Å². The number of thioether (sulfide) groups is 1. The van der Waals surface area contributed by atoms with E-state index in [0.29, 0.717) is 10.1 Å². The van der Waals surface area contributed by atoms with Crippen molar-refractivity contribution in [3.8, 4) is 0 Å². The summed E-state index contributed by atoms with van der Waals surface area (Å²) in [6.07, 6.45) is 1.69. The monoisotopic (exact) mass is 270 g/mol. The quantitative estimate of drug-likeness (QED) is 0.672. The largest absolute Gasteiger partial charge is 0.468 e. The van der Waals surface area contributed by atoms with Crippen LogP contribution in [0.1, 0.15) is 12.5 Å². The van der Waals surface area contributed by atoms with E-state index in [4.69, 9.17) is 12.2 Å². The predicted molar refractivity (Wildman–Crippen MR) is 74.3 cm³/mol. The summed E-state index contributed by atoms with van der Waals surface area (Å²) in [5.74, 6) is 0.416. The minimum atomic E-state index is -0.330. The van der Waals surface area contributed by atoms with E-state index in [1.54, 1.807) is 13.1 Å². The minimum Gasteiger partial charge on any atom is -0.468 e. The average molecular weight is 270 g/mol. The van der Waals surface area contributed by atoms with Crippen LogP contribution in [0.25, 0.3) is 0 Å². The smallest absolute Gasteiger partial charge is 0.318 e. The van der Waals surface area contributed by atoms with Crippen LogP contribution in [0.15, 0.2) is 18.3 Å². The molecule has 6 heteroatoms. The second kappa shape index (κ2) is 6.56. The van der Waals surface area contributed by atoms with E-state index in [1.165, 1.54) is 18.9 Å². The molecule has 0 aliphatic rings. The van der Waals surface area contributed by atoms with Crippen molar-refractivity contribution in [2.45, 2.75) is 19.1 Å². The normalized spacial score (nSPS) is 11.7. The molecule has 1 atom stereocenters. The highest BCUT2D eigenvalue weighted by Gasteiger charge is 2.16. The van der Waals surface area contributed by atoms with Gasteiger partial charge in [0.25, 0.3) is 0 Å². The molecule has 17 heavy (non-hydrogen) atoms. The van der Waals surface area contributed by atoms with Crippen molar-refractivity contribution in [1.82, 2.24) is 4.98 Å². The van der Waals surface area contributed by atoms with Gasteiger partial charge in [-0.2, -0.15) is 0 Å². The first-order valence-corrected chi connectivity index (χ1v) is 6.30. The molecular formula is C11H14N2O2S2. The number of nitrogens with one attached hydrogen (secondary N) is 1. The summed E-state index contributed by atoms with van der Waals surface area (Å²) in [6.45, 7) is 3.68. The van der Waals surface area contributed by atoms with E-state index >= 15 is 0 Å². The number of anilines is 1. The van der Waals surface area contributed by atoms with Crippen molar-refractivity contribution in [3.63, 3.8) is 0 Å². The van der Waals surface area contributed by atoms with E-state index in [1.807, 2.05) is 19.1 Å². The van der Waals surface area contributed by atoms with Gasteiger partial charge in [0.2, 0.25) is 0 Å². The van der Waals surface area contributed by atoms with Gasteiger partial charge in [-0.15, -0.1) is 0 Å². The third kappa shape index (κ3) is 4.32. The number of aryl methyl sites for hydroxylation is 1. The number of carbonyl (C=O) groups is 1. The van der Waals surface area contributed by atoms with Crippen LogP contribution in [0.2, 0.25) is 0 Å². The average Bonchev–Trinajstić information content (AvgIpc) is 2.31. The number of esters is 1. The molecule has 0 amide bonds. The lowest BCUT2D eigenvalue weighted by atomic mass is 10.3. The number of ether oxygens (including phenoxy) is 1. The minimum absolute atomic E-state index is 0.295. The Balaban J connectivity index is 2.56. The summed E-state index contributed by atoms with van der Waals surface area (Å²) in [4.78, 5) is 15.4. The van der Waals surface area contributed by atoms with Crippen LogP contribution in [-0.4, -0.2) is 27.6 Å². The molecule has 4 nitrogen and oxygen atoms in total. The van der Waals surface area contributed by atoms with Crippen molar-refractivity contribution < 1.29 is 9.53 Å². The summed E-state index contributed by atoms with van der Waals surface area (Å²) in [5, 5.41) is 2.67. The van der Waals surface area contributed by atoms with Gasteiger partial charge in [-0.1, -0.05) is 30.0 Å². The van der Waals surface area contributed by atoms with E-state index in [-0.39, 0.29) is 11.2 Å². The maximum absolute atomic E-state index is 11.2. The summed E-state index contributed by atoms with van der Waals surface area (Å²) in [6, 6.07) is 3.79. The molecular weight excluding hydrogens is 256 g/mol. The fourth-order valence-electron chi connectivity index (χ4n) is 1.12.